The van der Waals surface area contributed by atoms with Gasteiger partial charge in [-0.15, -0.1) is 11.3 Å². The normalized spacial score (nSPS) is 12.7. The zero-order valence-corrected chi connectivity index (χ0v) is 11.8. The van der Waals surface area contributed by atoms with Crippen LogP contribution in [0.15, 0.2) is 48.0 Å². The molecular weight excluding hydrogens is 276 g/mol. The van der Waals surface area contributed by atoms with E-state index in [9.17, 15) is 0 Å². The number of benzene rings is 1. The summed E-state index contributed by atoms with van der Waals surface area (Å²) in [5.41, 5.74) is 8.26. The maximum Gasteiger partial charge on any atom is 0.0760 e. The van der Waals surface area contributed by atoms with Crippen LogP contribution in [-0.4, -0.2) is 4.98 Å². The number of rotatable bonds is 3. The Bertz CT molecular complexity index is 708. The van der Waals surface area contributed by atoms with E-state index in [2.05, 4.69) is 34.6 Å². The number of pyridine rings is 1. The molecule has 0 radical (unpaired) electrons. The Hall–Kier alpha value is -1.42. The molecule has 0 bridgehead atoms. The molecule has 2 aromatic heterocycles. The summed E-state index contributed by atoms with van der Waals surface area (Å²) in [5, 5.41) is 4.08. The molecule has 2 nitrogen and oxygen atoms in total. The number of thiophene rings is 1. The van der Waals surface area contributed by atoms with Gasteiger partial charge in [-0.2, -0.15) is 0 Å². The average Bonchev–Trinajstić information content (AvgIpc) is 2.83. The molecule has 0 saturated heterocycles. The molecule has 0 fully saturated rings. The van der Waals surface area contributed by atoms with Crippen LogP contribution in [0.2, 0.25) is 5.02 Å². The van der Waals surface area contributed by atoms with E-state index in [1.165, 1.54) is 15.6 Å². The van der Waals surface area contributed by atoms with E-state index in [0.717, 1.165) is 12.1 Å². The summed E-state index contributed by atoms with van der Waals surface area (Å²) in [4.78, 5) is 4.29. The Morgan fingerprint density at radius 2 is 2.05 bits per heavy atom. The van der Waals surface area contributed by atoms with Crippen molar-refractivity contribution in [3.8, 4) is 0 Å². The summed E-state index contributed by atoms with van der Waals surface area (Å²) in [5.74, 6) is 0. The predicted octanol–water partition coefficient (Wildman–Crippen LogP) is 4.19. The second kappa shape index (κ2) is 5.29. The SMILES string of the molecule is NC(Cc1csc2ccccc12)c1ncccc1Cl. The van der Waals surface area contributed by atoms with E-state index in [4.69, 9.17) is 17.3 Å². The van der Waals surface area contributed by atoms with Gasteiger partial charge >= 0.3 is 0 Å². The lowest BCUT2D eigenvalue weighted by atomic mass is 10.0. The van der Waals surface area contributed by atoms with Crippen molar-refractivity contribution in [2.45, 2.75) is 12.5 Å². The van der Waals surface area contributed by atoms with Crippen LogP contribution in [0.5, 0.6) is 0 Å². The van der Waals surface area contributed by atoms with E-state index in [-0.39, 0.29) is 6.04 Å². The largest absolute Gasteiger partial charge is 0.322 e. The molecular formula is C15H13ClN2S. The number of aromatic nitrogens is 1. The predicted molar refractivity (Wildman–Crippen MR) is 81.7 cm³/mol. The molecule has 2 heterocycles. The number of hydrogen-bond donors (Lipinski definition) is 1. The summed E-state index contributed by atoms with van der Waals surface area (Å²) in [7, 11) is 0. The molecule has 0 amide bonds. The molecule has 96 valence electrons. The first-order chi connectivity index (χ1) is 9.25. The first-order valence-corrected chi connectivity index (χ1v) is 7.32. The fraction of sp³-hybridized carbons (Fsp3) is 0.133. The van der Waals surface area contributed by atoms with Gasteiger partial charge in [0.1, 0.15) is 0 Å². The van der Waals surface area contributed by atoms with Gasteiger partial charge in [-0.25, -0.2) is 0 Å². The van der Waals surface area contributed by atoms with Gasteiger partial charge in [-0.1, -0.05) is 29.8 Å². The smallest absolute Gasteiger partial charge is 0.0760 e. The van der Waals surface area contributed by atoms with Crippen molar-refractivity contribution < 1.29 is 0 Å². The minimum absolute atomic E-state index is 0.174. The number of halogens is 1. The average molecular weight is 289 g/mol. The molecule has 4 heteroatoms. The van der Waals surface area contributed by atoms with Crippen molar-refractivity contribution in [1.29, 1.82) is 0 Å². The summed E-state index contributed by atoms with van der Waals surface area (Å²) >= 11 is 7.88. The lowest BCUT2D eigenvalue weighted by Gasteiger charge is -2.11. The lowest BCUT2D eigenvalue weighted by molar-refractivity contribution is 0.701. The summed E-state index contributed by atoms with van der Waals surface area (Å²) in [6.07, 6.45) is 2.48. The second-order valence-electron chi connectivity index (χ2n) is 4.44. The maximum absolute atomic E-state index is 6.24. The minimum Gasteiger partial charge on any atom is -0.322 e. The van der Waals surface area contributed by atoms with Gasteiger partial charge in [0, 0.05) is 10.9 Å². The van der Waals surface area contributed by atoms with Crippen molar-refractivity contribution in [2.75, 3.05) is 0 Å². The lowest BCUT2D eigenvalue weighted by Crippen LogP contribution is -2.15. The fourth-order valence-corrected chi connectivity index (χ4v) is 3.43. The highest BCUT2D eigenvalue weighted by Gasteiger charge is 2.14. The maximum atomic E-state index is 6.24. The summed E-state index contributed by atoms with van der Waals surface area (Å²) in [6, 6.07) is 11.8. The van der Waals surface area contributed by atoms with Crippen molar-refractivity contribution in [3.63, 3.8) is 0 Å². The zero-order chi connectivity index (χ0) is 13.2. The van der Waals surface area contributed by atoms with Gasteiger partial charge in [0.05, 0.1) is 16.8 Å². The highest BCUT2D eigenvalue weighted by molar-refractivity contribution is 7.17. The van der Waals surface area contributed by atoms with Crippen molar-refractivity contribution in [3.05, 3.63) is 64.3 Å². The van der Waals surface area contributed by atoms with Crippen molar-refractivity contribution >= 4 is 33.0 Å². The molecule has 3 aromatic rings. The van der Waals surface area contributed by atoms with E-state index in [1.54, 1.807) is 17.5 Å². The van der Waals surface area contributed by atoms with E-state index >= 15 is 0 Å². The minimum atomic E-state index is -0.174. The van der Waals surface area contributed by atoms with Crippen LogP contribution in [-0.2, 0) is 6.42 Å². The van der Waals surface area contributed by atoms with Crippen LogP contribution in [0.1, 0.15) is 17.3 Å². The summed E-state index contributed by atoms with van der Waals surface area (Å²) in [6.45, 7) is 0. The number of nitrogens with two attached hydrogens (primary N) is 1. The second-order valence-corrected chi connectivity index (χ2v) is 5.76. The van der Waals surface area contributed by atoms with Gasteiger partial charge in [-0.05, 0) is 40.9 Å². The van der Waals surface area contributed by atoms with Crippen LogP contribution in [0.3, 0.4) is 0 Å². The molecule has 3 rings (SSSR count). The fourth-order valence-electron chi connectivity index (χ4n) is 2.20. The topological polar surface area (TPSA) is 38.9 Å². The Balaban J connectivity index is 1.91. The zero-order valence-electron chi connectivity index (χ0n) is 10.2. The molecule has 0 aliphatic rings. The van der Waals surface area contributed by atoms with Crippen LogP contribution >= 0.6 is 22.9 Å². The van der Waals surface area contributed by atoms with E-state index < -0.39 is 0 Å². The third-order valence-electron chi connectivity index (χ3n) is 3.14. The Kier molecular flexibility index (Phi) is 3.51. The molecule has 1 unspecified atom stereocenters. The number of fused-ring (bicyclic) bond motifs is 1. The third kappa shape index (κ3) is 2.50. The van der Waals surface area contributed by atoms with Crippen LogP contribution in [0.25, 0.3) is 10.1 Å². The van der Waals surface area contributed by atoms with Crippen LogP contribution < -0.4 is 5.73 Å². The molecule has 0 aliphatic heterocycles. The van der Waals surface area contributed by atoms with Crippen molar-refractivity contribution in [1.82, 2.24) is 4.98 Å². The summed E-state index contributed by atoms with van der Waals surface area (Å²) < 4.78 is 1.29. The highest BCUT2D eigenvalue weighted by atomic mass is 35.5. The van der Waals surface area contributed by atoms with E-state index in [0.29, 0.717) is 5.02 Å². The monoisotopic (exact) mass is 288 g/mol. The van der Waals surface area contributed by atoms with Crippen LogP contribution in [0, 0.1) is 0 Å². The molecule has 1 aromatic carbocycles. The van der Waals surface area contributed by atoms with Gasteiger partial charge in [0.25, 0.3) is 0 Å². The van der Waals surface area contributed by atoms with Gasteiger partial charge in [-0.3, -0.25) is 4.98 Å². The standard InChI is InChI=1S/C15H13ClN2S/c16-12-5-3-7-18-15(12)13(17)8-10-9-19-14-6-2-1-4-11(10)14/h1-7,9,13H,8,17H2. The van der Waals surface area contributed by atoms with E-state index in [1.807, 2.05) is 12.1 Å². The Morgan fingerprint density at radius 3 is 2.89 bits per heavy atom. The Labute approximate surface area is 120 Å². The van der Waals surface area contributed by atoms with Crippen molar-refractivity contribution in [2.24, 2.45) is 5.73 Å². The molecule has 1 atom stereocenters. The molecule has 19 heavy (non-hydrogen) atoms. The third-order valence-corrected chi connectivity index (χ3v) is 4.47. The number of hydrogen-bond acceptors (Lipinski definition) is 3. The Morgan fingerprint density at radius 1 is 1.21 bits per heavy atom. The first-order valence-electron chi connectivity index (χ1n) is 6.07. The number of nitrogens with zero attached hydrogens (tertiary/aromatic N) is 1. The molecule has 0 spiro atoms. The first kappa shape index (κ1) is 12.6. The van der Waals surface area contributed by atoms with Gasteiger partial charge < -0.3 is 5.73 Å². The van der Waals surface area contributed by atoms with Gasteiger partial charge in [0.15, 0.2) is 0 Å². The highest BCUT2D eigenvalue weighted by Crippen LogP contribution is 2.29. The quantitative estimate of drug-likeness (QED) is 0.785. The van der Waals surface area contributed by atoms with Crippen LogP contribution in [0.4, 0.5) is 0 Å². The molecule has 0 aliphatic carbocycles. The van der Waals surface area contributed by atoms with Gasteiger partial charge in [0.2, 0.25) is 0 Å². The molecule has 2 N–H and O–H groups in total. The molecule has 0 saturated carbocycles.